The summed E-state index contributed by atoms with van der Waals surface area (Å²) in [5, 5.41) is 4.81. The second kappa shape index (κ2) is 10.1. The van der Waals surface area contributed by atoms with Crippen LogP contribution in [0.1, 0.15) is 46.0 Å². The van der Waals surface area contributed by atoms with Crippen LogP contribution in [0, 0.1) is 12.7 Å². The molecule has 2 heterocycles. The lowest BCUT2D eigenvalue weighted by molar-refractivity contribution is 0.0776. The number of Topliss-reactive ketones (excluding diaryl/α,β-unsaturated/α-hetero) is 1. The number of ketones is 1. The number of nitrogens with zero attached hydrogens (tertiary/aromatic N) is 5. The molecule has 0 unspecified atom stereocenters. The number of benzene rings is 2. The second-order valence-electron chi connectivity index (χ2n) is 9.12. The molecule has 0 saturated heterocycles. The molecule has 0 radical (unpaired) electrons. The fraction of sp³-hybridized carbons (Fsp3) is 0.259. The molecule has 0 aliphatic rings. The first-order chi connectivity index (χ1) is 17.1. The molecule has 9 heteroatoms. The smallest absolute Gasteiger partial charge is 0.272 e. The highest BCUT2D eigenvalue weighted by molar-refractivity contribution is 8.01. The summed E-state index contributed by atoms with van der Waals surface area (Å²) >= 11 is 1.26. The maximum Gasteiger partial charge on any atom is 0.272 e. The Morgan fingerprint density at radius 3 is 2.36 bits per heavy atom. The minimum Gasteiger partial charge on any atom is -0.336 e. The van der Waals surface area contributed by atoms with Gasteiger partial charge in [0.25, 0.3) is 5.91 Å². The zero-order valence-corrected chi connectivity index (χ0v) is 21.7. The number of imidazole rings is 1. The summed E-state index contributed by atoms with van der Waals surface area (Å²) in [6.45, 7) is 5.93. The first kappa shape index (κ1) is 25.4. The summed E-state index contributed by atoms with van der Waals surface area (Å²) in [5.74, 6) is -0.697. The van der Waals surface area contributed by atoms with Crippen LogP contribution in [0.4, 0.5) is 4.39 Å². The van der Waals surface area contributed by atoms with Crippen molar-refractivity contribution in [2.75, 3.05) is 7.05 Å². The molecule has 0 saturated carbocycles. The van der Waals surface area contributed by atoms with E-state index in [1.807, 2.05) is 52.2 Å². The van der Waals surface area contributed by atoms with Gasteiger partial charge in [-0.1, -0.05) is 42.1 Å². The maximum absolute atomic E-state index is 13.7. The molecule has 1 amide bonds. The van der Waals surface area contributed by atoms with Gasteiger partial charge in [-0.3, -0.25) is 18.8 Å². The Morgan fingerprint density at radius 1 is 1.08 bits per heavy atom. The van der Waals surface area contributed by atoms with Gasteiger partial charge < -0.3 is 4.90 Å². The summed E-state index contributed by atoms with van der Waals surface area (Å²) in [6, 6.07) is 14.9. The molecule has 0 spiro atoms. The number of amides is 1. The van der Waals surface area contributed by atoms with Crippen LogP contribution in [0.2, 0.25) is 0 Å². The van der Waals surface area contributed by atoms with Crippen molar-refractivity contribution in [1.29, 1.82) is 0 Å². The van der Waals surface area contributed by atoms with E-state index in [9.17, 15) is 14.0 Å². The zero-order valence-electron chi connectivity index (χ0n) is 20.9. The first-order valence-corrected chi connectivity index (χ1v) is 12.3. The summed E-state index contributed by atoms with van der Waals surface area (Å²) in [7, 11) is 3.55. The van der Waals surface area contributed by atoms with Crippen molar-refractivity contribution >= 4 is 23.5 Å². The van der Waals surface area contributed by atoms with E-state index in [0.29, 0.717) is 28.6 Å². The summed E-state index contributed by atoms with van der Waals surface area (Å²) in [6.07, 6.45) is 3.39. The van der Waals surface area contributed by atoms with Crippen molar-refractivity contribution in [2.45, 2.75) is 37.2 Å². The topological polar surface area (TPSA) is 73.0 Å². The van der Waals surface area contributed by atoms with Gasteiger partial charge in [0, 0.05) is 43.7 Å². The fourth-order valence-electron chi connectivity index (χ4n) is 3.94. The second-order valence-corrected chi connectivity index (χ2v) is 10.7. The largest absolute Gasteiger partial charge is 0.336 e. The predicted molar refractivity (Wildman–Crippen MR) is 138 cm³/mol. The Bertz CT molecular complexity index is 1390. The van der Waals surface area contributed by atoms with Gasteiger partial charge in [-0.25, -0.2) is 9.37 Å². The number of aryl methyl sites for hydroxylation is 2. The molecule has 36 heavy (non-hydrogen) atoms. The van der Waals surface area contributed by atoms with Gasteiger partial charge in [0.2, 0.25) is 0 Å². The minimum absolute atomic E-state index is 0.0567. The van der Waals surface area contributed by atoms with E-state index in [2.05, 4.69) is 10.1 Å². The van der Waals surface area contributed by atoms with E-state index in [-0.39, 0.29) is 17.5 Å². The Balaban J connectivity index is 1.70. The Kier molecular flexibility index (Phi) is 7.12. The van der Waals surface area contributed by atoms with E-state index in [1.54, 1.807) is 45.5 Å². The zero-order chi connectivity index (χ0) is 26.0. The number of halogens is 1. The van der Waals surface area contributed by atoms with Crippen molar-refractivity contribution in [3.63, 3.8) is 0 Å². The van der Waals surface area contributed by atoms with Crippen molar-refractivity contribution < 1.29 is 14.0 Å². The Labute approximate surface area is 214 Å². The molecule has 0 aliphatic carbocycles. The molecule has 2 aromatic carbocycles. The van der Waals surface area contributed by atoms with Crippen LogP contribution in [0.15, 0.2) is 72.1 Å². The normalized spacial score (nSPS) is 11.5. The van der Waals surface area contributed by atoms with Crippen LogP contribution >= 0.6 is 11.8 Å². The third-order valence-corrected chi connectivity index (χ3v) is 7.00. The minimum atomic E-state index is -0.872. The molecule has 186 valence electrons. The standard InChI is InChI=1S/C27H28FN5O2S/c1-18-20(17-32(5)30-18)16-31(4)25(35)23-15-29-26(33(23)22-13-11-21(28)12-14-22)36-27(2,3)24(34)19-9-7-6-8-10-19/h6-15,17H,16H2,1-5H3. The van der Waals surface area contributed by atoms with Crippen LogP contribution in [0.5, 0.6) is 0 Å². The molecule has 0 bridgehead atoms. The molecule has 0 aliphatic heterocycles. The van der Waals surface area contributed by atoms with Crippen LogP contribution < -0.4 is 0 Å². The average Bonchev–Trinajstić information content (AvgIpc) is 3.40. The highest BCUT2D eigenvalue weighted by atomic mass is 32.2. The predicted octanol–water partition coefficient (Wildman–Crippen LogP) is 5.08. The third-order valence-electron chi connectivity index (χ3n) is 5.83. The quantitative estimate of drug-likeness (QED) is 0.247. The van der Waals surface area contributed by atoms with Gasteiger partial charge in [0.1, 0.15) is 11.5 Å². The average molecular weight is 506 g/mol. The van der Waals surface area contributed by atoms with Gasteiger partial charge in [-0.2, -0.15) is 5.10 Å². The van der Waals surface area contributed by atoms with Crippen LogP contribution in [0.3, 0.4) is 0 Å². The third kappa shape index (κ3) is 5.26. The molecular formula is C27H28FN5O2S. The van der Waals surface area contributed by atoms with Crippen molar-refractivity contribution in [2.24, 2.45) is 7.05 Å². The monoisotopic (exact) mass is 505 g/mol. The lowest BCUT2D eigenvalue weighted by Gasteiger charge is -2.23. The van der Waals surface area contributed by atoms with Gasteiger partial charge in [0.15, 0.2) is 10.9 Å². The number of thioether (sulfide) groups is 1. The van der Waals surface area contributed by atoms with E-state index < -0.39 is 4.75 Å². The SMILES string of the molecule is Cc1nn(C)cc1CN(C)C(=O)c1cnc(SC(C)(C)C(=O)c2ccccc2)n1-c1ccc(F)cc1. The lowest BCUT2D eigenvalue weighted by Crippen LogP contribution is -2.30. The van der Waals surface area contributed by atoms with Crippen molar-refractivity contribution in [1.82, 2.24) is 24.2 Å². The molecular weight excluding hydrogens is 477 g/mol. The molecule has 4 rings (SSSR count). The molecule has 7 nitrogen and oxygen atoms in total. The van der Waals surface area contributed by atoms with Crippen molar-refractivity contribution in [3.8, 4) is 5.69 Å². The molecule has 4 aromatic rings. The number of carbonyl (C=O) groups is 2. The number of hydrogen-bond donors (Lipinski definition) is 0. The van der Waals surface area contributed by atoms with Gasteiger partial charge in [-0.05, 0) is 45.0 Å². The molecule has 2 aromatic heterocycles. The molecule has 0 fully saturated rings. The Hall–Kier alpha value is -3.72. The van der Waals surface area contributed by atoms with E-state index in [0.717, 1.165) is 11.3 Å². The highest BCUT2D eigenvalue weighted by Crippen LogP contribution is 2.36. The lowest BCUT2D eigenvalue weighted by atomic mass is 10.0. The van der Waals surface area contributed by atoms with Crippen molar-refractivity contribution in [3.05, 3.63) is 95.3 Å². The fourth-order valence-corrected chi connectivity index (χ4v) is 5.00. The number of hydrogen-bond acceptors (Lipinski definition) is 5. The summed E-state index contributed by atoms with van der Waals surface area (Å²) in [4.78, 5) is 32.9. The first-order valence-electron chi connectivity index (χ1n) is 11.4. The number of aromatic nitrogens is 4. The molecule has 0 atom stereocenters. The van der Waals surface area contributed by atoms with Crippen LogP contribution in [-0.2, 0) is 13.6 Å². The van der Waals surface area contributed by atoms with Gasteiger partial charge in [0.05, 0.1) is 16.6 Å². The summed E-state index contributed by atoms with van der Waals surface area (Å²) < 4.78 is 16.2. The highest BCUT2D eigenvalue weighted by Gasteiger charge is 2.33. The van der Waals surface area contributed by atoms with E-state index in [1.165, 1.54) is 30.1 Å². The number of carbonyl (C=O) groups excluding carboxylic acids is 2. The van der Waals surface area contributed by atoms with E-state index in [4.69, 9.17) is 0 Å². The van der Waals surface area contributed by atoms with E-state index >= 15 is 0 Å². The summed E-state index contributed by atoms with van der Waals surface area (Å²) in [5.41, 5.74) is 3.27. The molecule has 0 N–H and O–H groups in total. The maximum atomic E-state index is 13.7. The van der Waals surface area contributed by atoms with Crippen LogP contribution in [0.25, 0.3) is 5.69 Å². The van der Waals surface area contributed by atoms with Gasteiger partial charge >= 0.3 is 0 Å². The van der Waals surface area contributed by atoms with Crippen LogP contribution in [-0.4, -0.2) is 47.7 Å². The van der Waals surface area contributed by atoms with Gasteiger partial charge in [-0.15, -0.1) is 0 Å². The Morgan fingerprint density at radius 2 is 1.75 bits per heavy atom. The number of rotatable bonds is 8.